The summed E-state index contributed by atoms with van der Waals surface area (Å²) >= 11 is 1.60. The summed E-state index contributed by atoms with van der Waals surface area (Å²) in [7, 11) is 0. The lowest BCUT2D eigenvalue weighted by atomic mass is 9.98. The first-order valence-electron chi connectivity index (χ1n) is 10.6. The second-order valence-corrected chi connectivity index (χ2v) is 8.90. The standard InChI is InChI=1S/C25H25N3O3S/c1-16(22-10-17(15-32-22)11-23(29)30)13-28-24(18-6-3-2-4-7-18)21-14-27-20-9-5-8-19(12-26)25(20)31-21/h2-10,15-16,21,24,27-28H,11,13-14H2,1H3,(H,29,30)/t16-,21-,24-/m1/s1. The van der Waals surface area contributed by atoms with E-state index in [2.05, 4.69) is 35.8 Å². The van der Waals surface area contributed by atoms with Gasteiger partial charge in [0.2, 0.25) is 0 Å². The molecule has 2 heterocycles. The maximum absolute atomic E-state index is 11.0. The van der Waals surface area contributed by atoms with E-state index in [1.165, 1.54) is 0 Å². The molecule has 164 valence electrons. The first-order valence-corrected chi connectivity index (χ1v) is 11.4. The largest absolute Gasteiger partial charge is 0.483 e. The number of rotatable bonds is 8. The summed E-state index contributed by atoms with van der Waals surface area (Å²) in [6, 6.07) is 19.8. The average molecular weight is 448 g/mol. The highest BCUT2D eigenvalue weighted by atomic mass is 32.1. The van der Waals surface area contributed by atoms with E-state index < -0.39 is 5.97 Å². The van der Waals surface area contributed by atoms with Crippen molar-refractivity contribution in [3.05, 3.63) is 81.5 Å². The Morgan fingerprint density at radius 1 is 1.31 bits per heavy atom. The van der Waals surface area contributed by atoms with E-state index in [0.29, 0.717) is 24.4 Å². The van der Waals surface area contributed by atoms with Crippen molar-refractivity contribution in [1.82, 2.24) is 5.32 Å². The van der Waals surface area contributed by atoms with Gasteiger partial charge in [0.1, 0.15) is 12.2 Å². The van der Waals surface area contributed by atoms with Gasteiger partial charge in [-0.15, -0.1) is 11.3 Å². The molecule has 6 nitrogen and oxygen atoms in total. The Balaban J connectivity index is 1.51. The normalized spacial score (nSPS) is 16.7. The number of anilines is 1. The van der Waals surface area contributed by atoms with E-state index in [0.717, 1.165) is 21.7 Å². The van der Waals surface area contributed by atoms with Crippen molar-refractivity contribution in [3.63, 3.8) is 0 Å². The molecule has 0 amide bonds. The first kappa shape index (κ1) is 21.9. The Morgan fingerprint density at radius 2 is 2.12 bits per heavy atom. The molecule has 0 bridgehead atoms. The number of nitrogens with one attached hydrogen (secondary N) is 2. The number of benzene rings is 2. The molecule has 7 heteroatoms. The summed E-state index contributed by atoms with van der Waals surface area (Å²) < 4.78 is 6.35. The molecular weight excluding hydrogens is 422 g/mol. The number of carboxylic acids is 1. The lowest BCUT2D eigenvalue weighted by Crippen LogP contribution is -2.43. The van der Waals surface area contributed by atoms with Crippen LogP contribution in [0, 0.1) is 11.3 Å². The van der Waals surface area contributed by atoms with Crippen LogP contribution >= 0.6 is 11.3 Å². The Hall–Kier alpha value is -3.34. The van der Waals surface area contributed by atoms with Gasteiger partial charge in [-0.1, -0.05) is 43.3 Å². The molecule has 3 N–H and O–H groups in total. The second kappa shape index (κ2) is 9.86. The van der Waals surface area contributed by atoms with Crippen LogP contribution in [0.3, 0.4) is 0 Å². The monoisotopic (exact) mass is 447 g/mol. The van der Waals surface area contributed by atoms with Gasteiger partial charge in [0.25, 0.3) is 0 Å². The maximum Gasteiger partial charge on any atom is 0.307 e. The summed E-state index contributed by atoms with van der Waals surface area (Å²) in [6.07, 6.45) is -0.150. The van der Waals surface area contributed by atoms with Crippen LogP contribution in [0.25, 0.3) is 0 Å². The molecule has 0 saturated heterocycles. The van der Waals surface area contributed by atoms with E-state index in [1.807, 2.05) is 41.8 Å². The van der Waals surface area contributed by atoms with Gasteiger partial charge in [-0.2, -0.15) is 5.26 Å². The SMILES string of the molecule is C[C@H](CN[C@H](c1ccccc1)[C@H]1CNc2cccc(C#N)c2O1)c1cc(CC(=O)O)cs1. The van der Waals surface area contributed by atoms with Crippen LogP contribution in [0.5, 0.6) is 5.75 Å². The number of nitriles is 1. The van der Waals surface area contributed by atoms with Gasteiger partial charge in [0.15, 0.2) is 5.75 Å². The van der Waals surface area contributed by atoms with Crippen LogP contribution in [0.1, 0.15) is 40.5 Å². The van der Waals surface area contributed by atoms with E-state index in [1.54, 1.807) is 17.4 Å². The predicted molar refractivity (Wildman–Crippen MR) is 125 cm³/mol. The number of thiophene rings is 1. The van der Waals surface area contributed by atoms with Crippen molar-refractivity contribution in [3.8, 4) is 11.8 Å². The molecule has 0 radical (unpaired) electrons. The molecule has 32 heavy (non-hydrogen) atoms. The second-order valence-electron chi connectivity index (χ2n) is 7.96. The third-order valence-electron chi connectivity index (χ3n) is 5.59. The molecule has 0 fully saturated rings. The molecule has 0 aliphatic carbocycles. The zero-order valence-electron chi connectivity index (χ0n) is 17.7. The van der Waals surface area contributed by atoms with E-state index in [-0.39, 0.29) is 24.5 Å². The minimum Gasteiger partial charge on any atom is -0.483 e. The quantitative estimate of drug-likeness (QED) is 0.469. The number of hydrogen-bond acceptors (Lipinski definition) is 6. The molecule has 1 aliphatic heterocycles. The number of para-hydroxylation sites is 1. The highest BCUT2D eigenvalue weighted by molar-refractivity contribution is 7.10. The number of carbonyl (C=O) groups is 1. The van der Waals surface area contributed by atoms with Crippen molar-refractivity contribution in [2.75, 3.05) is 18.4 Å². The fourth-order valence-corrected chi connectivity index (χ4v) is 4.90. The molecule has 4 rings (SSSR count). The van der Waals surface area contributed by atoms with Gasteiger partial charge < -0.3 is 20.5 Å². The Bertz CT molecular complexity index is 1120. The molecule has 3 atom stereocenters. The summed E-state index contributed by atoms with van der Waals surface area (Å²) in [5.74, 6) is -0.00546. The summed E-state index contributed by atoms with van der Waals surface area (Å²) in [5, 5.41) is 27.5. The zero-order valence-corrected chi connectivity index (χ0v) is 18.6. The van der Waals surface area contributed by atoms with Crippen molar-refractivity contribution < 1.29 is 14.6 Å². The molecule has 2 aromatic carbocycles. The lowest BCUT2D eigenvalue weighted by molar-refractivity contribution is -0.136. The highest BCUT2D eigenvalue weighted by Gasteiger charge is 2.30. The molecule has 3 aromatic rings. The van der Waals surface area contributed by atoms with Crippen LogP contribution in [0.4, 0.5) is 5.69 Å². The maximum atomic E-state index is 11.0. The summed E-state index contributed by atoms with van der Waals surface area (Å²) in [5.41, 5.74) is 3.31. The summed E-state index contributed by atoms with van der Waals surface area (Å²) in [4.78, 5) is 12.1. The van der Waals surface area contributed by atoms with Crippen molar-refractivity contribution in [2.45, 2.75) is 31.4 Å². The minimum atomic E-state index is -0.816. The number of hydrogen-bond donors (Lipinski definition) is 3. The molecule has 0 spiro atoms. The van der Waals surface area contributed by atoms with Gasteiger partial charge in [-0.25, -0.2) is 0 Å². The van der Waals surface area contributed by atoms with Crippen molar-refractivity contribution in [1.29, 1.82) is 5.26 Å². The predicted octanol–water partition coefficient (Wildman–Crippen LogP) is 4.55. The van der Waals surface area contributed by atoms with Gasteiger partial charge in [-0.05, 0) is 34.7 Å². The van der Waals surface area contributed by atoms with Crippen LogP contribution in [0.15, 0.2) is 60.0 Å². The average Bonchev–Trinajstić information content (AvgIpc) is 3.27. The number of ether oxygens (including phenoxy) is 1. The van der Waals surface area contributed by atoms with Crippen LogP contribution < -0.4 is 15.4 Å². The number of carboxylic acid groups (broad SMARTS) is 1. The van der Waals surface area contributed by atoms with E-state index in [9.17, 15) is 10.1 Å². The number of fused-ring (bicyclic) bond motifs is 1. The smallest absolute Gasteiger partial charge is 0.307 e. The number of aliphatic carboxylic acids is 1. The van der Waals surface area contributed by atoms with Crippen molar-refractivity contribution in [2.24, 2.45) is 0 Å². The lowest BCUT2D eigenvalue weighted by Gasteiger charge is -2.34. The van der Waals surface area contributed by atoms with Gasteiger partial charge in [0, 0.05) is 17.3 Å². The molecule has 0 saturated carbocycles. The van der Waals surface area contributed by atoms with E-state index in [4.69, 9.17) is 9.84 Å². The van der Waals surface area contributed by atoms with Gasteiger partial charge in [0.05, 0.1) is 30.3 Å². The van der Waals surface area contributed by atoms with E-state index >= 15 is 0 Å². The Morgan fingerprint density at radius 3 is 2.88 bits per heavy atom. The zero-order chi connectivity index (χ0) is 22.5. The molecule has 1 aromatic heterocycles. The topological polar surface area (TPSA) is 94.4 Å². The van der Waals surface area contributed by atoms with Crippen LogP contribution in [0.2, 0.25) is 0 Å². The molecule has 1 aliphatic rings. The minimum absolute atomic E-state index is 0.0471. The number of nitrogens with zero attached hydrogens (tertiary/aromatic N) is 1. The third kappa shape index (κ3) is 4.93. The van der Waals surface area contributed by atoms with Crippen molar-refractivity contribution >= 4 is 23.0 Å². The summed E-state index contributed by atoms with van der Waals surface area (Å²) in [6.45, 7) is 3.46. The van der Waals surface area contributed by atoms with Crippen LogP contribution in [-0.4, -0.2) is 30.3 Å². The van der Waals surface area contributed by atoms with Gasteiger partial charge >= 0.3 is 5.97 Å². The Kier molecular flexibility index (Phi) is 6.74. The fraction of sp³-hybridized carbons (Fsp3) is 0.280. The third-order valence-corrected chi connectivity index (χ3v) is 6.80. The van der Waals surface area contributed by atoms with Crippen LogP contribution in [-0.2, 0) is 11.2 Å². The molecule has 0 unspecified atom stereocenters. The molecular formula is C25H25N3O3S. The fourth-order valence-electron chi connectivity index (χ4n) is 3.93. The first-order chi connectivity index (χ1) is 15.5. The van der Waals surface area contributed by atoms with Gasteiger partial charge in [-0.3, -0.25) is 4.79 Å². The highest BCUT2D eigenvalue weighted by Crippen LogP contribution is 2.35. The Labute approximate surface area is 191 Å².